The summed E-state index contributed by atoms with van der Waals surface area (Å²) in [6.45, 7) is 8.41. The topological polar surface area (TPSA) is 24.5 Å². The Morgan fingerprint density at radius 1 is 1.11 bits per heavy atom. The van der Waals surface area contributed by atoms with Crippen molar-refractivity contribution in [3.05, 3.63) is 0 Å². The van der Waals surface area contributed by atoms with Gasteiger partial charge < -0.3 is 10.1 Å². The summed E-state index contributed by atoms with van der Waals surface area (Å²) in [5.41, 5.74) is 0. The zero-order valence-corrected chi connectivity index (χ0v) is 12.0. The number of nitrogens with zero attached hydrogens (tertiary/aromatic N) is 1. The van der Waals surface area contributed by atoms with E-state index in [-0.39, 0.29) is 0 Å². The lowest BCUT2D eigenvalue weighted by molar-refractivity contribution is 0.0612. The zero-order chi connectivity index (χ0) is 12.6. The summed E-state index contributed by atoms with van der Waals surface area (Å²) in [6, 6.07) is 0.904. The molecule has 2 unspecified atom stereocenters. The van der Waals surface area contributed by atoms with Gasteiger partial charge in [-0.25, -0.2) is 0 Å². The summed E-state index contributed by atoms with van der Waals surface area (Å²) in [4.78, 5) is 2.75. The first-order valence-electron chi connectivity index (χ1n) is 7.94. The first-order valence-corrected chi connectivity index (χ1v) is 7.94. The number of ether oxygens (including phenoxy) is 1. The Morgan fingerprint density at radius 3 is 2.83 bits per heavy atom. The standard InChI is InChI=1S/C15H30N2O/c1-2-18-13-10-16-9-12-17-11-5-7-14-6-3-4-8-15(14)17/h14-16H,2-13H2,1H3. The van der Waals surface area contributed by atoms with Gasteiger partial charge in [-0.1, -0.05) is 12.8 Å². The van der Waals surface area contributed by atoms with Crippen LogP contribution < -0.4 is 5.32 Å². The number of hydrogen-bond acceptors (Lipinski definition) is 3. The molecule has 18 heavy (non-hydrogen) atoms. The normalized spacial score (nSPS) is 29.2. The lowest BCUT2D eigenvalue weighted by Gasteiger charge is -2.44. The average Bonchev–Trinajstić information content (AvgIpc) is 2.43. The van der Waals surface area contributed by atoms with Crippen LogP contribution in [0.25, 0.3) is 0 Å². The van der Waals surface area contributed by atoms with E-state index in [1.165, 1.54) is 51.6 Å². The van der Waals surface area contributed by atoms with Gasteiger partial charge in [0.1, 0.15) is 0 Å². The first kappa shape index (κ1) is 14.3. The van der Waals surface area contributed by atoms with Gasteiger partial charge in [0.25, 0.3) is 0 Å². The second kappa shape index (κ2) is 8.13. The SMILES string of the molecule is CCOCCNCCN1CCCC2CCCCC21. The van der Waals surface area contributed by atoms with Crippen LogP contribution in [0, 0.1) is 5.92 Å². The van der Waals surface area contributed by atoms with E-state index in [0.717, 1.165) is 38.3 Å². The van der Waals surface area contributed by atoms with Crippen molar-refractivity contribution in [1.29, 1.82) is 0 Å². The van der Waals surface area contributed by atoms with Crippen LogP contribution in [0.1, 0.15) is 45.4 Å². The molecule has 0 aromatic carbocycles. The van der Waals surface area contributed by atoms with Crippen molar-refractivity contribution in [3.8, 4) is 0 Å². The Bertz CT molecular complexity index is 221. The number of likely N-dealkylation sites (tertiary alicyclic amines) is 1. The molecule has 1 N–H and O–H groups in total. The van der Waals surface area contributed by atoms with Crippen molar-refractivity contribution in [2.75, 3.05) is 39.4 Å². The van der Waals surface area contributed by atoms with Crippen LogP contribution in [-0.4, -0.2) is 50.3 Å². The second-order valence-electron chi connectivity index (χ2n) is 5.74. The molecule has 1 heterocycles. The van der Waals surface area contributed by atoms with Gasteiger partial charge in [-0.3, -0.25) is 4.90 Å². The second-order valence-corrected chi connectivity index (χ2v) is 5.74. The molecule has 106 valence electrons. The van der Waals surface area contributed by atoms with Crippen LogP contribution >= 0.6 is 0 Å². The molecule has 3 nitrogen and oxygen atoms in total. The van der Waals surface area contributed by atoms with Crippen LogP contribution in [0.5, 0.6) is 0 Å². The number of piperidine rings is 1. The number of rotatable bonds is 7. The third kappa shape index (κ3) is 4.22. The van der Waals surface area contributed by atoms with E-state index in [1.807, 2.05) is 0 Å². The highest BCUT2D eigenvalue weighted by molar-refractivity contribution is 4.87. The van der Waals surface area contributed by atoms with Gasteiger partial charge in [0.15, 0.2) is 0 Å². The van der Waals surface area contributed by atoms with Crippen molar-refractivity contribution < 1.29 is 4.74 Å². The zero-order valence-electron chi connectivity index (χ0n) is 12.0. The van der Waals surface area contributed by atoms with Gasteiger partial charge in [0, 0.05) is 32.3 Å². The van der Waals surface area contributed by atoms with Gasteiger partial charge in [-0.05, 0) is 45.1 Å². The highest BCUT2D eigenvalue weighted by atomic mass is 16.5. The minimum absolute atomic E-state index is 0.831. The highest BCUT2D eigenvalue weighted by Gasteiger charge is 2.32. The average molecular weight is 254 g/mol. The molecule has 0 amide bonds. The summed E-state index contributed by atoms with van der Waals surface area (Å²) in [5.74, 6) is 1.01. The maximum Gasteiger partial charge on any atom is 0.0590 e. The lowest BCUT2D eigenvalue weighted by Crippen LogP contribution is -2.49. The smallest absolute Gasteiger partial charge is 0.0590 e. The Labute approximate surface area is 112 Å². The van der Waals surface area contributed by atoms with Gasteiger partial charge in [-0.15, -0.1) is 0 Å². The predicted octanol–water partition coefficient (Wildman–Crippen LogP) is 2.27. The maximum absolute atomic E-state index is 5.34. The van der Waals surface area contributed by atoms with Crippen LogP contribution in [0.3, 0.4) is 0 Å². The van der Waals surface area contributed by atoms with Crippen molar-refractivity contribution >= 4 is 0 Å². The highest BCUT2D eigenvalue weighted by Crippen LogP contribution is 2.34. The predicted molar refractivity (Wildman–Crippen MR) is 75.9 cm³/mol. The minimum atomic E-state index is 0.831. The fourth-order valence-corrected chi connectivity index (χ4v) is 3.64. The van der Waals surface area contributed by atoms with E-state index in [9.17, 15) is 0 Å². The third-order valence-corrected chi connectivity index (χ3v) is 4.56. The number of hydrogen-bond donors (Lipinski definition) is 1. The van der Waals surface area contributed by atoms with Crippen molar-refractivity contribution in [3.63, 3.8) is 0 Å². The summed E-state index contributed by atoms with van der Waals surface area (Å²) in [7, 11) is 0. The van der Waals surface area contributed by atoms with Gasteiger partial charge in [0.2, 0.25) is 0 Å². The van der Waals surface area contributed by atoms with Gasteiger partial charge >= 0.3 is 0 Å². The molecule has 0 bridgehead atoms. The fraction of sp³-hybridized carbons (Fsp3) is 1.00. The molecular formula is C15H30N2O. The van der Waals surface area contributed by atoms with E-state index in [2.05, 4.69) is 17.1 Å². The first-order chi connectivity index (χ1) is 8.92. The Morgan fingerprint density at radius 2 is 1.94 bits per heavy atom. The van der Waals surface area contributed by atoms with Gasteiger partial charge in [-0.2, -0.15) is 0 Å². The summed E-state index contributed by atoms with van der Waals surface area (Å²) in [6.07, 6.45) is 8.76. The molecule has 0 spiro atoms. The molecule has 2 atom stereocenters. The molecule has 1 aliphatic carbocycles. The monoisotopic (exact) mass is 254 g/mol. The van der Waals surface area contributed by atoms with Crippen LogP contribution in [0.15, 0.2) is 0 Å². The minimum Gasteiger partial charge on any atom is -0.380 e. The molecule has 1 aliphatic heterocycles. The third-order valence-electron chi connectivity index (χ3n) is 4.56. The molecule has 2 aliphatic rings. The molecule has 0 aromatic rings. The van der Waals surface area contributed by atoms with Crippen LogP contribution in [-0.2, 0) is 4.74 Å². The summed E-state index contributed by atoms with van der Waals surface area (Å²) < 4.78 is 5.34. The summed E-state index contributed by atoms with van der Waals surface area (Å²) >= 11 is 0. The molecule has 0 radical (unpaired) electrons. The largest absolute Gasteiger partial charge is 0.380 e. The molecular weight excluding hydrogens is 224 g/mol. The number of fused-ring (bicyclic) bond motifs is 1. The van der Waals surface area contributed by atoms with Crippen molar-refractivity contribution in [1.82, 2.24) is 10.2 Å². The van der Waals surface area contributed by atoms with Crippen LogP contribution in [0.2, 0.25) is 0 Å². The van der Waals surface area contributed by atoms with E-state index in [0.29, 0.717) is 0 Å². The quantitative estimate of drug-likeness (QED) is 0.705. The molecule has 3 heteroatoms. The molecule has 2 fully saturated rings. The molecule has 0 aromatic heterocycles. The molecule has 1 saturated carbocycles. The van der Waals surface area contributed by atoms with E-state index in [1.54, 1.807) is 0 Å². The lowest BCUT2D eigenvalue weighted by atomic mass is 9.78. The van der Waals surface area contributed by atoms with E-state index < -0.39 is 0 Å². The number of nitrogens with one attached hydrogen (secondary N) is 1. The van der Waals surface area contributed by atoms with Gasteiger partial charge in [0.05, 0.1) is 6.61 Å². The Hall–Kier alpha value is -0.120. The Kier molecular flexibility index (Phi) is 6.46. The molecule has 1 saturated heterocycles. The van der Waals surface area contributed by atoms with Crippen molar-refractivity contribution in [2.24, 2.45) is 5.92 Å². The van der Waals surface area contributed by atoms with Crippen molar-refractivity contribution in [2.45, 2.75) is 51.5 Å². The molecule has 2 rings (SSSR count). The summed E-state index contributed by atoms with van der Waals surface area (Å²) in [5, 5.41) is 3.50. The maximum atomic E-state index is 5.34. The Balaban J connectivity index is 1.62. The fourth-order valence-electron chi connectivity index (χ4n) is 3.64. The van der Waals surface area contributed by atoms with Crippen LogP contribution in [0.4, 0.5) is 0 Å². The van der Waals surface area contributed by atoms with E-state index >= 15 is 0 Å². The van der Waals surface area contributed by atoms with E-state index in [4.69, 9.17) is 4.74 Å².